The molecular weight excluding hydrogens is 282 g/mol. The third-order valence-corrected chi connectivity index (χ3v) is 4.69. The van der Waals surface area contributed by atoms with E-state index in [0.29, 0.717) is 11.5 Å². The van der Waals surface area contributed by atoms with Crippen molar-refractivity contribution in [2.24, 2.45) is 5.92 Å². The van der Waals surface area contributed by atoms with Crippen LogP contribution in [0.5, 0.6) is 0 Å². The lowest BCUT2D eigenvalue weighted by Crippen LogP contribution is -2.55. The summed E-state index contributed by atoms with van der Waals surface area (Å²) < 4.78 is 0. The van der Waals surface area contributed by atoms with E-state index in [1.54, 1.807) is 6.20 Å². The maximum atomic E-state index is 12.1. The minimum absolute atomic E-state index is 0.0471. The lowest BCUT2D eigenvalue weighted by molar-refractivity contribution is -0.139. The van der Waals surface area contributed by atoms with Crippen LogP contribution in [0.2, 0.25) is 0 Å². The molecular formula is C16H23N3O3. The van der Waals surface area contributed by atoms with E-state index in [0.717, 1.165) is 24.9 Å². The van der Waals surface area contributed by atoms with Crippen molar-refractivity contribution in [2.75, 3.05) is 13.1 Å². The molecule has 0 aromatic carbocycles. The van der Waals surface area contributed by atoms with Gasteiger partial charge in [0, 0.05) is 31.0 Å². The van der Waals surface area contributed by atoms with Gasteiger partial charge in [0.2, 0.25) is 0 Å². The second-order valence-electron chi connectivity index (χ2n) is 6.61. The summed E-state index contributed by atoms with van der Waals surface area (Å²) >= 11 is 0. The van der Waals surface area contributed by atoms with Gasteiger partial charge in [0.25, 0.3) is 5.91 Å². The zero-order chi connectivity index (χ0) is 15.7. The molecule has 2 aliphatic carbocycles. The van der Waals surface area contributed by atoms with Crippen molar-refractivity contribution in [1.29, 1.82) is 0 Å². The van der Waals surface area contributed by atoms with Crippen LogP contribution in [0.3, 0.4) is 0 Å². The van der Waals surface area contributed by atoms with Crippen molar-refractivity contribution in [3.05, 3.63) is 23.5 Å². The fraction of sp³-hybridized carbons (Fsp3) is 0.625. The molecule has 1 heterocycles. The Labute approximate surface area is 129 Å². The number of hydrogen-bond donors (Lipinski definition) is 3. The number of carbonyl (C=O) groups excluding carboxylic acids is 1. The number of amides is 1. The minimum atomic E-state index is -0.768. The monoisotopic (exact) mass is 305 g/mol. The van der Waals surface area contributed by atoms with Gasteiger partial charge in [-0.15, -0.1) is 0 Å². The van der Waals surface area contributed by atoms with Crippen LogP contribution in [0.25, 0.3) is 0 Å². The predicted octanol–water partition coefficient (Wildman–Crippen LogP) is 1.38. The molecule has 2 aliphatic rings. The SMILES string of the molecule is Cc1c[nH]cc1C(=O)NC1CC(N(CC(=O)O)CC2CC2)C1. The maximum absolute atomic E-state index is 12.1. The molecule has 6 nitrogen and oxygen atoms in total. The highest BCUT2D eigenvalue weighted by Crippen LogP contribution is 2.33. The molecule has 22 heavy (non-hydrogen) atoms. The smallest absolute Gasteiger partial charge is 0.317 e. The first kappa shape index (κ1) is 15.1. The van der Waals surface area contributed by atoms with Crippen LogP contribution >= 0.6 is 0 Å². The molecule has 0 bridgehead atoms. The molecule has 1 aromatic heterocycles. The molecule has 1 amide bonds. The van der Waals surface area contributed by atoms with Crippen molar-refractivity contribution in [1.82, 2.24) is 15.2 Å². The number of rotatable bonds is 7. The van der Waals surface area contributed by atoms with Gasteiger partial charge in [0.05, 0.1) is 12.1 Å². The molecule has 6 heteroatoms. The molecule has 2 fully saturated rings. The first-order chi connectivity index (χ1) is 10.5. The largest absolute Gasteiger partial charge is 0.480 e. The van der Waals surface area contributed by atoms with E-state index in [1.165, 1.54) is 12.8 Å². The maximum Gasteiger partial charge on any atom is 0.317 e. The molecule has 3 N–H and O–H groups in total. The quantitative estimate of drug-likeness (QED) is 0.710. The number of aromatic amines is 1. The van der Waals surface area contributed by atoms with Gasteiger partial charge < -0.3 is 15.4 Å². The number of aromatic nitrogens is 1. The Bertz CT molecular complexity index is 559. The number of aliphatic carboxylic acids is 1. The average Bonchev–Trinajstić information content (AvgIpc) is 3.11. The summed E-state index contributed by atoms with van der Waals surface area (Å²) in [5.74, 6) is -0.138. The van der Waals surface area contributed by atoms with Crippen molar-refractivity contribution >= 4 is 11.9 Å². The van der Waals surface area contributed by atoms with Crippen molar-refractivity contribution in [2.45, 2.75) is 44.7 Å². The van der Waals surface area contributed by atoms with Crippen LogP contribution in [-0.2, 0) is 4.79 Å². The van der Waals surface area contributed by atoms with E-state index >= 15 is 0 Å². The zero-order valence-corrected chi connectivity index (χ0v) is 12.8. The van der Waals surface area contributed by atoms with Crippen LogP contribution in [0.4, 0.5) is 0 Å². The Balaban J connectivity index is 1.48. The summed E-state index contributed by atoms with van der Waals surface area (Å²) in [5.41, 5.74) is 1.62. The molecule has 0 aliphatic heterocycles. The summed E-state index contributed by atoms with van der Waals surface area (Å²) in [6, 6.07) is 0.441. The van der Waals surface area contributed by atoms with Gasteiger partial charge in [0.15, 0.2) is 0 Å². The van der Waals surface area contributed by atoms with Crippen LogP contribution < -0.4 is 5.32 Å². The number of carboxylic acid groups (broad SMARTS) is 1. The van der Waals surface area contributed by atoms with Crippen molar-refractivity contribution in [3.8, 4) is 0 Å². The number of carboxylic acids is 1. The van der Waals surface area contributed by atoms with Crippen LogP contribution in [0.15, 0.2) is 12.4 Å². The summed E-state index contributed by atoms with van der Waals surface area (Å²) in [7, 11) is 0. The molecule has 120 valence electrons. The molecule has 0 saturated heterocycles. The van der Waals surface area contributed by atoms with E-state index in [1.807, 2.05) is 13.1 Å². The van der Waals surface area contributed by atoms with Gasteiger partial charge in [-0.25, -0.2) is 0 Å². The zero-order valence-electron chi connectivity index (χ0n) is 12.8. The Morgan fingerprint density at radius 1 is 1.36 bits per heavy atom. The molecule has 2 saturated carbocycles. The van der Waals surface area contributed by atoms with Gasteiger partial charge in [-0.1, -0.05) is 0 Å². The molecule has 0 atom stereocenters. The Morgan fingerprint density at radius 3 is 2.64 bits per heavy atom. The minimum Gasteiger partial charge on any atom is -0.480 e. The third kappa shape index (κ3) is 3.50. The highest BCUT2D eigenvalue weighted by atomic mass is 16.4. The first-order valence-corrected chi connectivity index (χ1v) is 7.93. The summed E-state index contributed by atoms with van der Waals surface area (Å²) in [6.45, 7) is 2.90. The van der Waals surface area contributed by atoms with Gasteiger partial charge in [0.1, 0.15) is 0 Å². The standard InChI is InChI=1S/C16H23N3O3/c1-10-6-17-7-14(10)16(22)18-12-4-13(5-12)19(9-15(20)21)8-11-2-3-11/h6-7,11-13,17H,2-5,8-9H2,1H3,(H,18,22)(H,20,21). The number of carbonyl (C=O) groups is 2. The second-order valence-corrected chi connectivity index (χ2v) is 6.61. The van der Waals surface area contributed by atoms with E-state index in [2.05, 4.69) is 15.2 Å². The fourth-order valence-electron chi connectivity index (χ4n) is 3.10. The second kappa shape index (κ2) is 6.12. The van der Waals surface area contributed by atoms with Crippen LogP contribution in [0, 0.1) is 12.8 Å². The highest BCUT2D eigenvalue weighted by molar-refractivity contribution is 5.95. The average molecular weight is 305 g/mol. The van der Waals surface area contributed by atoms with E-state index in [4.69, 9.17) is 5.11 Å². The van der Waals surface area contributed by atoms with Crippen molar-refractivity contribution in [3.63, 3.8) is 0 Å². The Hall–Kier alpha value is -1.82. The molecule has 0 radical (unpaired) electrons. The fourth-order valence-corrected chi connectivity index (χ4v) is 3.10. The van der Waals surface area contributed by atoms with Crippen molar-refractivity contribution < 1.29 is 14.7 Å². The molecule has 0 spiro atoms. The summed E-state index contributed by atoms with van der Waals surface area (Å²) in [4.78, 5) is 28.1. The summed E-state index contributed by atoms with van der Waals surface area (Å²) in [6.07, 6.45) is 7.64. The van der Waals surface area contributed by atoms with Gasteiger partial charge in [-0.3, -0.25) is 14.5 Å². The number of aryl methyl sites for hydroxylation is 1. The number of nitrogens with zero attached hydrogens (tertiary/aromatic N) is 1. The van der Waals surface area contributed by atoms with Crippen LogP contribution in [0.1, 0.15) is 41.6 Å². The summed E-state index contributed by atoms with van der Waals surface area (Å²) in [5, 5.41) is 12.1. The van der Waals surface area contributed by atoms with Gasteiger partial charge >= 0.3 is 5.97 Å². The topological polar surface area (TPSA) is 85.4 Å². The first-order valence-electron chi connectivity index (χ1n) is 7.93. The predicted molar refractivity (Wildman–Crippen MR) is 81.7 cm³/mol. The molecule has 0 unspecified atom stereocenters. The van der Waals surface area contributed by atoms with E-state index < -0.39 is 5.97 Å². The number of H-pyrrole nitrogens is 1. The lowest BCUT2D eigenvalue weighted by Gasteiger charge is -2.42. The number of nitrogens with one attached hydrogen (secondary N) is 2. The Morgan fingerprint density at radius 2 is 2.09 bits per heavy atom. The Kier molecular flexibility index (Phi) is 4.20. The van der Waals surface area contributed by atoms with E-state index in [-0.39, 0.29) is 24.5 Å². The normalized spacial score (nSPS) is 24.1. The lowest BCUT2D eigenvalue weighted by atomic mass is 9.85. The van der Waals surface area contributed by atoms with Crippen LogP contribution in [-0.4, -0.2) is 52.0 Å². The number of hydrogen-bond acceptors (Lipinski definition) is 3. The highest BCUT2D eigenvalue weighted by Gasteiger charge is 2.37. The third-order valence-electron chi connectivity index (χ3n) is 4.69. The van der Waals surface area contributed by atoms with Gasteiger partial charge in [-0.05, 0) is 44.1 Å². The molecule has 1 aromatic rings. The van der Waals surface area contributed by atoms with Gasteiger partial charge in [-0.2, -0.15) is 0 Å². The molecule has 3 rings (SSSR count). The van der Waals surface area contributed by atoms with E-state index in [9.17, 15) is 9.59 Å².